The molecule has 8 heteroatoms. The summed E-state index contributed by atoms with van der Waals surface area (Å²) in [7, 11) is 1.68. The Hall–Kier alpha value is -2.06. The number of thiazole rings is 1. The van der Waals surface area contributed by atoms with Crippen molar-refractivity contribution in [3.05, 3.63) is 51.5 Å². The first-order valence-corrected chi connectivity index (χ1v) is 11.0. The van der Waals surface area contributed by atoms with Gasteiger partial charge in [-0.25, -0.2) is 13.8 Å². The number of aliphatic imine (C=N–C) groups is 1. The van der Waals surface area contributed by atoms with E-state index in [1.54, 1.807) is 18.4 Å². The van der Waals surface area contributed by atoms with Gasteiger partial charge in [-0.3, -0.25) is 9.89 Å². The highest BCUT2D eigenvalue weighted by molar-refractivity contribution is 7.09. The lowest BCUT2D eigenvalue weighted by atomic mass is 9.97. The molecule has 2 heterocycles. The zero-order valence-corrected chi connectivity index (χ0v) is 17.9. The first-order chi connectivity index (χ1) is 14.1. The van der Waals surface area contributed by atoms with Crippen LogP contribution < -0.4 is 10.6 Å². The van der Waals surface area contributed by atoms with Crippen molar-refractivity contribution in [1.29, 1.82) is 0 Å². The van der Waals surface area contributed by atoms with Gasteiger partial charge in [0.15, 0.2) is 5.96 Å². The van der Waals surface area contributed by atoms with Crippen LogP contribution in [0.3, 0.4) is 0 Å². The molecule has 2 N–H and O–H groups in total. The first kappa shape index (κ1) is 21.6. The van der Waals surface area contributed by atoms with Crippen molar-refractivity contribution in [2.75, 3.05) is 26.7 Å². The third kappa shape index (κ3) is 6.47. The van der Waals surface area contributed by atoms with Crippen molar-refractivity contribution in [2.45, 2.75) is 39.3 Å². The standard InChI is InChI=1S/C21H29F2N5S/c1-3-20-27-18(14-29-20)13-28-8-6-15(7-9-28)11-25-21(24-2)26-12-16-10-17(22)4-5-19(16)23/h4-5,10,14-15H,3,6-9,11-13H2,1-2H3,(H2,24,25,26). The molecular weight excluding hydrogens is 392 g/mol. The second kappa shape index (κ2) is 10.6. The van der Waals surface area contributed by atoms with Gasteiger partial charge in [-0.05, 0) is 56.5 Å². The SMILES string of the molecule is CCc1nc(CN2CCC(CNC(=NC)NCc3cc(F)ccc3F)CC2)cs1. The molecule has 29 heavy (non-hydrogen) atoms. The van der Waals surface area contributed by atoms with Gasteiger partial charge in [-0.2, -0.15) is 0 Å². The van der Waals surface area contributed by atoms with E-state index in [2.05, 4.69) is 37.8 Å². The Balaban J connectivity index is 1.39. The van der Waals surface area contributed by atoms with E-state index < -0.39 is 11.6 Å². The van der Waals surface area contributed by atoms with E-state index in [0.717, 1.165) is 57.6 Å². The highest BCUT2D eigenvalue weighted by Crippen LogP contribution is 2.19. The average Bonchev–Trinajstić information content (AvgIpc) is 3.19. The number of aromatic nitrogens is 1. The predicted molar refractivity (Wildman–Crippen MR) is 114 cm³/mol. The Bertz CT molecular complexity index is 815. The van der Waals surface area contributed by atoms with Crippen LogP contribution in [0.15, 0.2) is 28.6 Å². The van der Waals surface area contributed by atoms with Crippen LogP contribution in [0.25, 0.3) is 0 Å². The number of halogens is 2. The van der Waals surface area contributed by atoms with Gasteiger partial charge in [-0.1, -0.05) is 6.92 Å². The van der Waals surface area contributed by atoms with E-state index in [1.807, 2.05) is 0 Å². The van der Waals surface area contributed by atoms with E-state index in [9.17, 15) is 8.78 Å². The van der Waals surface area contributed by atoms with E-state index >= 15 is 0 Å². The van der Waals surface area contributed by atoms with Crippen LogP contribution in [0, 0.1) is 17.6 Å². The fourth-order valence-corrected chi connectivity index (χ4v) is 4.22. The van der Waals surface area contributed by atoms with Crippen molar-refractivity contribution < 1.29 is 8.78 Å². The van der Waals surface area contributed by atoms with Crippen LogP contribution in [0.2, 0.25) is 0 Å². The average molecular weight is 422 g/mol. The Kier molecular flexibility index (Phi) is 7.94. The molecule has 158 valence electrons. The lowest BCUT2D eigenvalue weighted by Crippen LogP contribution is -2.42. The molecule has 1 aliphatic rings. The minimum Gasteiger partial charge on any atom is -0.356 e. The normalized spacial score (nSPS) is 16.2. The maximum atomic E-state index is 13.7. The zero-order chi connectivity index (χ0) is 20.6. The van der Waals surface area contributed by atoms with Gasteiger partial charge in [0.05, 0.1) is 10.7 Å². The Morgan fingerprint density at radius 1 is 1.28 bits per heavy atom. The highest BCUT2D eigenvalue weighted by Gasteiger charge is 2.20. The largest absolute Gasteiger partial charge is 0.356 e. The number of nitrogens with zero attached hydrogens (tertiary/aromatic N) is 3. The fraction of sp³-hybridized carbons (Fsp3) is 0.524. The summed E-state index contributed by atoms with van der Waals surface area (Å²) in [6, 6.07) is 3.47. The first-order valence-electron chi connectivity index (χ1n) is 10.1. The molecular formula is C21H29F2N5S. The Morgan fingerprint density at radius 3 is 2.76 bits per heavy atom. The molecule has 5 nitrogen and oxygen atoms in total. The van der Waals surface area contributed by atoms with E-state index in [-0.39, 0.29) is 12.1 Å². The van der Waals surface area contributed by atoms with Gasteiger partial charge >= 0.3 is 0 Å². The summed E-state index contributed by atoms with van der Waals surface area (Å²) >= 11 is 1.74. The molecule has 1 aliphatic heterocycles. The number of aryl methyl sites for hydroxylation is 1. The summed E-state index contributed by atoms with van der Waals surface area (Å²) in [6.07, 6.45) is 3.24. The van der Waals surface area contributed by atoms with Crippen molar-refractivity contribution in [3.63, 3.8) is 0 Å². The Labute approximate surface area is 175 Å². The smallest absolute Gasteiger partial charge is 0.191 e. The van der Waals surface area contributed by atoms with Gasteiger partial charge in [0, 0.05) is 37.6 Å². The number of hydrogen-bond donors (Lipinski definition) is 2. The molecule has 1 saturated heterocycles. The summed E-state index contributed by atoms with van der Waals surface area (Å²) in [4.78, 5) is 11.3. The quantitative estimate of drug-likeness (QED) is 0.530. The number of piperidine rings is 1. The third-order valence-electron chi connectivity index (χ3n) is 5.23. The Morgan fingerprint density at radius 2 is 2.07 bits per heavy atom. The summed E-state index contributed by atoms with van der Waals surface area (Å²) in [5, 5.41) is 9.74. The maximum absolute atomic E-state index is 13.7. The predicted octanol–water partition coefficient (Wildman–Crippen LogP) is 3.56. The van der Waals surface area contributed by atoms with Crippen molar-refractivity contribution in [1.82, 2.24) is 20.5 Å². The molecule has 0 saturated carbocycles. The molecule has 2 aromatic rings. The number of likely N-dealkylation sites (tertiary alicyclic amines) is 1. The molecule has 1 aromatic heterocycles. The van der Waals surface area contributed by atoms with Crippen LogP contribution in [0.1, 0.15) is 36.0 Å². The topological polar surface area (TPSA) is 52.6 Å². The molecule has 0 unspecified atom stereocenters. The monoisotopic (exact) mass is 421 g/mol. The van der Waals surface area contributed by atoms with Crippen molar-refractivity contribution in [3.8, 4) is 0 Å². The summed E-state index contributed by atoms with van der Waals surface area (Å²) in [5.41, 5.74) is 1.46. The summed E-state index contributed by atoms with van der Waals surface area (Å²) in [6.45, 7) is 6.19. The highest BCUT2D eigenvalue weighted by atomic mass is 32.1. The number of hydrogen-bond acceptors (Lipinski definition) is 4. The molecule has 3 rings (SSSR count). The van der Waals surface area contributed by atoms with E-state index in [0.29, 0.717) is 11.9 Å². The second-order valence-corrected chi connectivity index (χ2v) is 8.29. The number of benzene rings is 1. The van der Waals surface area contributed by atoms with Crippen molar-refractivity contribution >= 4 is 17.3 Å². The second-order valence-electron chi connectivity index (χ2n) is 7.35. The van der Waals surface area contributed by atoms with E-state index in [4.69, 9.17) is 0 Å². The van der Waals surface area contributed by atoms with Gasteiger partial charge in [0.25, 0.3) is 0 Å². The fourth-order valence-electron chi connectivity index (χ4n) is 3.48. The van der Waals surface area contributed by atoms with Crippen LogP contribution in [-0.2, 0) is 19.5 Å². The molecule has 0 radical (unpaired) electrons. The molecule has 0 spiro atoms. The van der Waals surface area contributed by atoms with Crippen LogP contribution in [0.5, 0.6) is 0 Å². The molecule has 0 amide bonds. The molecule has 0 bridgehead atoms. The van der Waals surface area contributed by atoms with Crippen molar-refractivity contribution in [2.24, 2.45) is 10.9 Å². The number of guanidine groups is 1. The van der Waals surface area contributed by atoms with Gasteiger partial charge < -0.3 is 10.6 Å². The molecule has 1 aromatic carbocycles. The summed E-state index contributed by atoms with van der Waals surface area (Å²) < 4.78 is 27.0. The number of nitrogens with one attached hydrogen (secondary N) is 2. The van der Waals surface area contributed by atoms with Crippen LogP contribution in [-0.4, -0.2) is 42.5 Å². The molecule has 0 aliphatic carbocycles. The van der Waals surface area contributed by atoms with Gasteiger partial charge in [0.2, 0.25) is 0 Å². The van der Waals surface area contributed by atoms with Crippen LogP contribution >= 0.6 is 11.3 Å². The van der Waals surface area contributed by atoms with Crippen LogP contribution in [0.4, 0.5) is 8.78 Å². The third-order valence-corrected chi connectivity index (χ3v) is 6.27. The minimum atomic E-state index is -0.443. The van der Waals surface area contributed by atoms with Gasteiger partial charge in [0.1, 0.15) is 11.6 Å². The van der Waals surface area contributed by atoms with Gasteiger partial charge in [-0.15, -0.1) is 11.3 Å². The lowest BCUT2D eigenvalue weighted by molar-refractivity contribution is 0.176. The lowest BCUT2D eigenvalue weighted by Gasteiger charge is -2.31. The molecule has 0 atom stereocenters. The summed E-state index contributed by atoms with van der Waals surface area (Å²) in [5.74, 6) is 0.303. The minimum absolute atomic E-state index is 0.190. The molecule has 1 fully saturated rings. The van der Waals surface area contributed by atoms with E-state index in [1.165, 1.54) is 16.8 Å². The maximum Gasteiger partial charge on any atom is 0.191 e. The number of rotatable bonds is 7. The zero-order valence-electron chi connectivity index (χ0n) is 17.0.